The van der Waals surface area contributed by atoms with Crippen molar-refractivity contribution < 1.29 is 0 Å². The lowest BCUT2D eigenvalue weighted by Gasteiger charge is -2.19. The summed E-state index contributed by atoms with van der Waals surface area (Å²) in [6.07, 6.45) is 10.6. The predicted octanol–water partition coefficient (Wildman–Crippen LogP) is 5.07. The second kappa shape index (κ2) is 8.49. The molecule has 0 amide bonds. The first kappa shape index (κ1) is 16.5. The third kappa shape index (κ3) is 4.82. The molecular weight excluding hydrogens is 292 g/mol. The van der Waals surface area contributed by atoms with Crippen molar-refractivity contribution in [1.29, 1.82) is 0 Å². The van der Waals surface area contributed by atoms with Gasteiger partial charge in [0.1, 0.15) is 0 Å². The second-order valence-corrected chi connectivity index (χ2v) is 6.63. The third-order valence-electron chi connectivity index (χ3n) is 4.72. The van der Waals surface area contributed by atoms with Gasteiger partial charge in [0.2, 0.25) is 0 Å². The Morgan fingerprint density at radius 1 is 1.00 bits per heavy atom. The molecule has 124 valence electrons. The maximum atomic E-state index is 4.19. The molecule has 0 saturated heterocycles. The molecule has 2 aromatic carbocycles. The van der Waals surface area contributed by atoms with E-state index in [9.17, 15) is 0 Å². The van der Waals surface area contributed by atoms with Crippen LogP contribution < -0.4 is 0 Å². The SMILES string of the molecule is Cc1ccccc1CC(CCCc1ccccc1)Cn1ccnc1. The number of aryl methyl sites for hydroxylation is 2. The largest absolute Gasteiger partial charge is 0.337 e. The van der Waals surface area contributed by atoms with Crippen LogP contribution in [0.3, 0.4) is 0 Å². The zero-order chi connectivity index (χ0) is 16.6. The molecule has 0 fully saturated rings. The van der Waals surface area contributed by atoms with Crippen LogP contribution in [0.25, 0.3) is 0 Å². The van der Waals surface area contributed by atoms with Crippen molar-refractivity contribution in [3.8, 4) is 0 Å². The fourth-order valence-corrected chi connectivity index (χ4v) is 3.34. The molecule has 0 N–H and O–H groups in total. The Morgan fingerprint density at radius 2 is 1.79 bits per heavy atom. The van der Waals surface area contributed by atoms with E-state index < -0.39 is 0 Å². The van der Waals surface area contributed by atoms with Crippen LogP contribution in [-0.4, -0.2) is 9.55 Å². The first-order valence-corrected chi connectivity index (χ1v) is 8.85. The number of aromatic nitrogens is 2. The van der Waals surface area contributed by atoms with Gasteiger partial charge in [0.05, 0.1) is 6.33 Å². The molecule has 1 aromatic heterocycles. The zero-order valence-corrected chi connectivity index (χ0v) is 14.4. The zero-order valence-electron chi connectivity index (χ0n) is 14.4. The van der Waals surface area contributed by atoms with Gasteiger partial charge in [-0.2, -0.15) is 0 Å². The van der Waals surface area contributed by atoms with Gasteiger partial charge < -0.3 is 4.57 Å². The molecule has 3 rings (SSSR count). The normalized spacial score (nSPS) is 12.2. The van der Waals surface area contributed by atoms with Crippen molar-refractivity contribution in [3.05, 3.63) is 90.0 Å². The van der Waals surface area contributed by atoms with Crippen molar-refractivity contribution in [1.82, 2.24) is 9.55 Å². The van der Waals surface area contributed by atoms with Crippen LogP contribution in [0, 0.1) is 12.8 Å². The lowest BCUT2D eigenvalue weighted by molar-refractivity contribution is 0.401. The molecule has 2 nitrogen and oxygen atoms in total. The second-order valence-electron chi connectivity index (χ2n) is 6.63. The van der Waals surface area contributed by atoms with Crippen LogP contribution in [0.1, 0.15) is 29.5 Å². The monoisotopic (exact) mass is 318 g/mol. The Bertz CT molecular complexity index is 717. The van der Waals surface area contributed by atoms with Crippen LogP contribution in [0.5, 0.6) is 0 Å². The summed E-state index contributed by atoms with van der Waals surface area (Å²) in [6, 6.07) is 19.6. The van der Waals surface area contributed by atoms with E-state index in [0.717, 1.165) is 19.4 Å². The minimum Gasteiger partial charge on any atom is -0.337 e. The van der Waals surface area contributed by atoms with Gasteiger partial charge in [-0.1, -0.05) is 54.6 Å². The number of imidazole rings is 1. The first-order chi connectivity index (χ1) is 11.8. The van der Waals surface area contributed by atoms with Gasteiger partial charge in [-0.05, 0) is 55.2 Å². The lowest BCUT2D eigenvalue weighted by Crippen LogP contribution is -2.14. The van der Waals surface area contributed by atoms with E-state index in [0.29, 0.717) is 5.92 Å². The van der Waals surface area contributed by atoms with E-state index in [4.69, 9.17) is 0 Å². The summed E-state index contributed by atoms with van der Waals surface area (Å²) >= 11 is 0. The Balaban J connectivity index is 1.62. The van der Waals surface area contributed by atoms with Gasteiger partial charge in [0.25, 0.3) is 0 Å². The molecule has 1 atom stereocenters. The summed E-state index contributed by atoms with van der Waals surface area (Å²) in [5.74, 6) is 0.643. The molecule has 0 aliphatic carbocycles. The average molecular weight is 318 g/mol. The molecule has 0 radical (unpaired) electrons. The van der Waals surface area contributed by atoms with E-state index in [1.54, 1.807) is 0 Å². The Kier molecular flexibility index (Phi) is 5.84. The van der Waals surface area contributed by atoms with Crippen molar-refractivity contribution in [3.63, 3.8) is 0 Å². The summed E-state index contributed by atoms with van der Waals surface area (Å²) in [5.41, 5.74) is 4.31. The highest BCUT2D eigenvalue weighted by atomic mass is 15.0. The summed E-state index contributed by atoms with van der Waals surface area (Å²) in [4.78, 5) is 4.19. The van der Waals surface area contributed by atoms with Crippen molar-refractivity contribution in [2.45, 2.75) is 39.2 Å². The Hall–Kier alpha value is -2.35. The van der Waals surface area contributed by atoms with Gasteiger partial charge in [0, 0.05) is 18.9 Å². The van der Waals surface area contributed by atoms with Gasteiger partial charge in [0.15, 0.2) is 0 Å². The summed E-state index contributed by atoms with van der Waals surface area (Å²) < 4.78 is 2.21. The standard InChI is InChI=1S/C22H26N2/c1-19-8-5-6-13-22(19)16-21(17-24-15-14-23-18-24)12-7-11-20-9-3-2-4-10-20/h2-6,8-10,13-15,18,21H,7,11-12,16-17H2,1H3. The van der Waals surface area contributed by atoms with Crippen LogP contribution in [0.2, 0.25) is 0 Å². The fourth-order valence-electron chi connectivity index (χ4n) is 3.34. The van der Waals surface area contributed by atoms with Gasteiger partial charge in [-0.3, -0.25) is 0 Å². The highest BCUT2D eigenvalue weighted by molar-refractivity contribution is 5.26. The van der Waals surface area contributed by atoms with Crippen LogP contribution >= 0.6 is 0 Å². The summed E-state index contributed by atoms with van der Waals surface area (Å²) in [6.45, 7) is 3.26. The smallest absolute Gasteiger partial charge is 0.0945 e. The van der Waals surface area contributed by atoms with E-state index in [-0.39, 0.29) is 0 Å². The van der Waals surface area contributed by atoms with Crippen LogP contribution in [0.15, 0.2) is 73.3 Å². The van der Waals surface area contributed by atoms with Gasteiger partial charge >= 0.3 is 0 Å². The minimum atomic E-state index is 0.643. The first-order valence-electron chi connectivity index (χ1n) is 8.85. The Labute approximate surface area is 145 Å². The topological polar surface area (TPSA) is 17.8 Å². The lowest BCUT2D eigenvalue weighted by atomic mass is 9.91. The highest BCUT2D eigenvalue weighted by Crippen LogP contribution is 2.20. The number of hydrogen-bond donors (Lipinski definition) is 0. The molecule has 0 spiro atoms. The Morgan fingerprint density at radius 3 is 2.54 bits per heavy atom. The van der Waals surface area contributed by atoms with E-state index >= 15 is 0 Å². The van der Waals surface area contributed by atoms with E-state index in [2.05, 4.69) is 77.3 Å². The van der Waals surface area contributed by atoms with Crippen molar-refractivity contribution >= 4 is 0 Å². The van der Waals surface area contributed by atoms with Crippen molar-refractivity contribution in [2.24, 2.45) is 5.92 Å². The summed E-state index contributed by atoms with van der Waals surface area (Å²) in [7, 11) is 0. The quantitative estimate of drug-likeness (QED) is 0.567. The van der Waals surface area contributed by atoms with E-state index in [1.165, 1.54) is 29.5 Å². The number of rotatable bonds is 8. The molecule has 1 heterocycles. The molecule has 0 aliphatic rings. The molecule has 2 heteroatoms. The van der Waals surface area contributed by atoms with Crippen molar-refractivity contribution in [2.75, 3.05) is 0 Å². The minimum absolute atomic E-state index is 0.643. The molecule has 0 saturated carbocycles. The number of hydrogen-bond acceptors (Lipinski definition) is 1. The summed E-state index contributed by atoms with van der Waals surface area (Å²) in [5, 5.41) is 0. The number of nitrogens with zero attached hydrogens (tertiary/aromatic N) is 2. The van der Waals surface area contributed by atoms with E-state index in [1.807, 2.05) is 12.5 Å². The van der Waals surface area contributed by atoms with Crippen LogP contribution in [0.4, 0.5) is 0 Å². The maximum Gasteiger partial charge on any atom is 0.0945 e. The average Bonchev–Trinajstić information content (AvgIpc) is 3.11. The molecule has 3 aromatic rings. The number of benzene rings is 2. The van der Waals surface area contributed by atoms with Gasteiger partial charge in [-0.25, -0.2) is 4.98 Å². The molecular formula is C22H26N2. The van der Waals surface area contributed by atoms with Crippen LogP contribution in [-0.2, 0) is 19.4 Å². The highest BCUT2D eigenvalue weighted by Gasteiger charge is 2.12. The molecule has 0 aliphatic heterocycles. The molecule has 1 unspecified atom stereocenters. The molecule has 24 heavy (non-hydrogen) atoms. The maximum absolute atomic E-state index is 4.19. The fraction of sp³-hybridized carbons (Fsp3) is 0.318. The third-order valence-corrected chi connectivity index (χ3v) is 4.72. The van der Waals surface area contributed by atoms with Gasteiger partial charge in [-0.15, -0.1) is 0 Å². The molecule has 0 bridgehead atoms. The predicted molar refractivity (Wildman–Crippen MR) is 100.0 cm³/mol.